The summed E-state index contributed by atoms with van der Waals surface area (Å²) in [5.74, 6) is -0.639. The molecule has 1 aromatic rings. The second-order valence-corrected chi connectivity index (χ2v) is 9.30. The Labute approximate surface area is 181 Å². The number of allylic oxidation sites excluding steroid dienone is 4. The molecule has 0 aromatic heterocycles. The topological polar surface area (TPSA) is 54.4 Å². The van der Waals surface area contributed by atoms with Crippen LogP contribution >= 0.6 is 12.6 Å². The summed E-state index contributed by atoms with van der Waals surface area (Å²) < 4.78 is 0. The summed E-state index contributed by atoms with van der Waals surface area (Å²) in [6, 6.07) is 5.57. The number of carbonyl (C=O) groups excluding carboxylic acids is 1. The Kier molecular flexibility index (Phi) is 8.95. The first-order valence-corrected chi connectivity index (χ1v) is 10.8. The van der Waals surface area contributed by atoms with Crippen molar-refractivity contribution in [2.45, 2.75) is 79.6 Å². The minimum Gasteiger partial charge on any atom is -0.478 e. The SMILES string of the molecule is CCC(CC)(/C(S)=C/C(C)=C/CCC(=O)C(C)(C)C)c1ccc(C(=O)O)c(C)c1. The van der Waals surface area contributed by atoms with Crippen LogP contribution in [0.5, 0.6) is 0 Å². The number of thiol groups is 1. The predicted molar refractivity (Wildman–Crippen MR) is 125 cm³/mol. The molecule has 1 rings (SSSR count). The van der Waals surface area contributed by atoms with Gasteiger partial charge in [0.05, 0.1) is 5.56 Å². The number of ketones is 1. The van der Waals surface area contributed by atoms with E-state index in [9.17, 15) is 14.7 Å². The molecule has 0 bridgehead atoms. The van der Waals surface area contributed by atoms with E-state index >= 15 is 0 Å². The number of aromatic carboxylic acids is 1. The predicted octanol–water partition coefficient (Wildman–Crippen LogP) is 6.91. The fraction of sp³-hybridized carbons (Fsp3) is 0.520. The number of aryl methyl sites for hydroxylation is 1. The molecule has 0 heterocycles. The van der Waals surface area contributed by atoms with Gasteiger partial charge in [0.2, 0.25) is 0 Å². The van der Waals surface area contributed by atoms with Crippen LogP contribution < -0.4 is 0 Å². The number of Topliss-reactive ketones (excluding diaryl/α,β-unsaturated/α-hetero) is 1. The Morgan fingerprint density at radius 1 is 1.14 bits per heavy atom. The normalized spacial score (nSPS) is 13.5. The van der Waals surface area contributed by atoms with Gasteiger partial charge in [-0.05, 0) is 61.3 Å². The average Bonchev–Trinajstić information content (AvgIpc) is 2.62. The Hall–Kier alpha value is -1.81. The van der Waals surface area contributed by atoms with Gasteiger partial charge in [0.25, 0.3) is 0 Å². The summed E-state index contributed by atoms with van der Waals surface area (Å²) in [4.78, 5) is 24.4. The molecule has 0 fully saturated rings. The third-order valence-corrected chi connectivity index (χ3v) is 6.30. The van der Waals surface area contributed by atoms with E-state index < -0.39 is 5.97 Å². The lowest BCUT2D eigenvalue weighted by atomic mass is 9.74. The number of hydrogen-bond donors (Lipinski definition) is 2. The van der Waals surface area contributed by atoms with E-state index in [-0.39, 0.29) is 16.6 Å². The van der Waals surface area contributed by atoms with Gasteiger partial charge in [0, 0.05) is 17.3 Å². The molecule has 0 atom stereocenters. The van der Waals surface area contributed by atoms with Crippen LogP contribution in [0.1, 0.15) is 88.7 Å². The lowest BCUT2D eigenvalue weighted by Gasteiger charge is -2.33. The largest absolute Gasteiger partial charge is 0.478 e. The molecule has 0 spiro atoms. The summed E-state index contributed by atoms with van der Waals surface area (Å²) in [5.41, 5.74) is 2.70. The third-order valence-electron chi connectivity index (χ3n) is 5.75. The summed E-state index contributed by atoms with van der Waals surface area (Å²) in [7, 11) is 0. The van der Waals surface area contributed by atoms with E-state index in [0.717, 1.165) is 40.9 Å². The van der Waals surface area contributed by atoms with Crippen molar-refractivity contribution in [1.29, 1.82) is 0 Å². The van der Waals surface area contributed by atoms with E-state index in [1.54, 1.807) is 6.07 Å². The Balaban J connectivity index is 3.16. The lowest BCUT2D eigenvalue weighted by Crippen LogP contribution is -2.25. The Bertz CT molecular complexity index is 806. The van der Waals surface area contributed by atoms with E-state index in [2.05, 4.69) is 26.0 Å². The number of carbonyl (C=O) groups is 2. The fourth-order valence-corrected chi connectivity index (χ4v) is 4.24. The average molecular weight is 417 g/mol. The highest BCUT2D eigenvalue weighted by molar-refractivity contribution is 7.84. The molecule has 4 heteroatoms. The maximum absolute atomic E-state index is 12.1. The zero-order chi connectivity index (χ0) is 22.4. The Morgan fingerprint density at radius 2 is 1.72 bits per heavy atom. The van der Waals surface area contributed by atoms with Crippen LogP contribution in [0.3, 0.4) is 0 Å². The van der Waals surface area contributed by atoms with Crippen molar-refractivity contribution >= 4 is 24.4 Å². The highest BCUT2D eigenvalue weighted by Crippen LogP contribution is 2.42. The van der Waals surface area contributed by atoms with Crippen LogP contribution in [0.25, 0.3) is 0 Å². The van der Waals surface area contributed by atoms with Crippen molar-refractivity contribution in [1.82, 2.24) is 0 Å². The molecule has 0 radical (unpaired) electrons. The molecule has 0 unspecified atom stereocenters. The number of rotatable bonds is 9. The minimum absolute atomic E-state index is 0.263. The van der Waals surface area contributed by atoms with Gasteiger partial charge in [0.15, 0.2) is 0 Å². The summed E-state index contributed by atoms with van der Waals surface area (Å²) >= 11 is 4.87. The van der Waals surface area contributed by atoms with Crippen molar-refractivity contribution in [3.05, 3.63) is 57.5 Å². The molecule has 160 valence electrons. The monoisotopic (exact) mass is 416 g/mol. The smallest absolute Gasteiger partial charge is 0.335 e. The van der Waals surface area contributed by atoms with Crippen molar-refractivity contribution in [3.63, 3.8) is 0 Å². The molecule has 29 heavy (non-hydrogen) atoms. The highest BCUT2D eigenvalue weighted by Gasteiger charge is 2.32. The van der Waals surface area contributed by atoms with Gasteiger partial charge in [-0.2, -0.15) is 0 Å². The second-order valence-electron chi connectivity index (χ2n) is 8.81. The molecule has 3 nitrogen and oxygen atoms in total. The van der Waals surface area contributed by atoms with Gasteiger partial charge in [-0.25, -0.2) is 4.79 Å². The van der Waals surface area contributed by atoms with Crippen LogP contribution in [-0.4, -0.2) is 16.9 Å². The molecule has 0 saturated carbocycles. The van der Waals surface area contributed by atoms with Crippen molar-refractivity contribution in [2.75, 3.05) is 0 Å². The molecule has 0 aliphatic heterocycles. The first-order chi connectivity index (χ1) is 13.4. The van der Waals surface area contributed by atoms with E-state index in [4.69, 9.17) is 12.6 Å². The number of carboxylic acids is 1. The molecule has 1 N–H and O–H groups in total. The number of hydrogen-bond acceptors (Lipinski definition) is 3. The van der Waals surface area contributed by atoms with Crippen molar-refractivity contribution in [2.24, 2.45) is 5.41 Å². The first-order valence-electron chi connectivity index (χ1n) is 10.3. The highest BCUT2D eigenvalue weighted by atomic mass is 32.1. The molecule has 1 aromatic carbocycles. The molecule has 0 aliphatic rings. The molecular formula is C25H36O3S. The van der Waals surface area contributed by atoms with Gasteiger partial charge in [-0.15, -0.1) is 12.6 Å². The third kappa shape index (κ3) is 6.33. The maximum atomic E-state index is 12.1. The molecule has 0 saturated heterocycles. The van der Waals surface area contributed by atoms with Gasteiger partial charge in [-0.1, -0.05) is 58.4 Å². The molecule has 0 aliphatic carbocycles. The van der Waals surface area contributed by atoms with Crippen LogP contribution in [0.2, 0.25) is 0 Å². The van der Waals surface area contributed by atoms with Crippen molar-refractivity contribution < 1.29 is 14.7 Å². The Morgan fingerprint density at radius 3 is 2.17 bits per heavy atom. The summed E-state index contributed by atoms with van der Waals surface area (Å²) in [5, 5.41) is 9.32. The first kappa shape index (κ1) is 25.2. The minimum atomic E-state index is -0.905. The fourth-order valence-electron chi connectivity index (χ4n) is 3.59. The van der Waals surface area contributed by atoms with Gasteiger partial charge >= 0.3 is 5.97 Å². The van der Waals surface area contributed by atoms with Crippen LogP contribution in [0.4, 0.5) is 0 Å². The van der Waals surface area contributed by atoms with Gasteiger partial charge in [-0.3, -0.25) is 4.79 Å². The molecular weight excluding hydrogens is 380 g/mol. The van der Waals surface area contributed by atoms with E-state index in [0.29, 0.717) is 12.0 Å². The quantitative estimate of drug-likeness (QED) is 0.340. The zero-order valence-corrected chi connectivity index (χ0v) is 19.8. The second kappa shape index (κ2) is 10.3. The number of carboxylic acid groups (broad SMARTS) is 1. The van der Waals surface area contributed by atoms with E-state index in [1.165, 1.54) is 0 Å². The zero-order valence-electron chi connectivity index (χ0n) is 18.9. The lowest BCUT2D eigenvalue weighted by molar-refractivity contribution is -0.126. The number of benzene rings is 1. The molecule has 0 amide bonds. The summed E-state index contributed by atoms with van der Waals surface area (Å²) in [6.45, 7) is 14.0. The van der Waals surface area contributed by atoms with Crippen molar-refractivity contribution in [3.8, 4) is 0 Å². The standard InChI is InChI=1S/C25H36O3S/c1-8-25(9-2,19-13-14-20(23(27)28)18(4)16-19)22(29)15-17(3)11-10-12-21(26)24(5,6)7/h11,13-16,29H,8-10,12H2,1-7H3,(H,27,28)/b17-11+,22-15-. The van der Waals surface area contributed by atoms with Gasteiger partial charge < -0.3 is 5.11 Å². The van der Waals surface area contributed by atoms with E-state index in [1.807, 2.05) is 46.8 Å². The van der Waals surface area contributed by atoms with Crippen LogP contribution in [-0.2, 0) is 10.2 Å². The van der Waals surface area contributed by atoms with Crippen LogP contribution in [0.15, 0.2) is 40.8 Å². The maximum Gasteiger partial charge on any atom is 0.335 e. The van der Waals surface area contributed by atoms with Gasteiger partial charge in [0.1, 0.15) is 5.78 Å². The van der Waals surface area contributed by atoms with Crippen LogP contribution in [0, 0.1) is 12.3 Å². The summed E-state index contributed by atoms with van der Waals surface area (Å²) in [6.07, 6.45) is 7.16.